The number of hydrogen-bond acceptors (Lipinski definition) is 3. The Kier molecular flexibility index (Phi) is 2.92. The van der Waals surface area contributed by atoms with Crippen LogP contribution in [0.25, 0.3) is 0 Å². The van der Waals surface area contributed by atoms with E-state index in [1.54, 1.807) is 18.4 Å². The average molecular weight is 237 g/mol. The molecule has 0 fully saturated rings. The third-order valence-corrected chi connectivity index (χ3v) is 3.67. The van der Waals surface area contributed by atoms with Crippen LogP contribution < -0.4 is 4.74 Å². The molecule has 62 valence electrons. The van der Waals surface area contributed by atoms with Gasteiger partial charge in [-0.1, -0.05) is 0 Å². The summed E-state index contributed by atoms with van der Waals surface area (Å²) < 4.78 is 6.04. The molecule has 0 unspecified atom stereocenters. The smallest absolute Gasteiger partial charge is 0.149 e. The third kappa shape index (κ3) is 1.58. The highest BCUT2D eigenvalue weighted by Crippen LogP contribution is 2.38. The maximum Gasteiger partial charge on any atom is 0.149 e. The Hall–Kier alpha value is -0.0600. The molecule has 0 aliphatic rings. The van der Waals surface area contributed by atoms with Gasteiger partial charge in [0.25, 0.3) is 0 Å². The van der Waals surface area contributed by atoms with Gasteiger partial charge in [-0.3, -0.25) is 0 Å². The minimum Gasteiger partial charge on any atom is -0.494 e. The molecular weight excluding hydrogens is 228 g/mol. The average Bonchev–Trinajstić information content (AvgIpc) is 2.28. The summed E-state index contributed by atoms with van der Waals surface area (Å²) in [5.41, 5.74) is 0. The van der Waals surface area contributed by atoms with Gasteiger partial charge in [-0.2, -0.15) is 0 Å². The molecule has 0 saturated heterocycles. The summed E-state index contributed by atoms with van der Waals surface area (Å²) in [5, 5.41) is 8.90. The lowest BCUT2D eigenvalue weighted by Gasteiger charge is -1.98. The van der Waals surface area contributed by atoms with Gasteiger partial charge in [0.05, 0.1) is 23.1 Å². The van der Waals surface area contributed by atoms with E-state index in [0.717, 1.165) is 20.0 Å². The minimum absolute atomic E-state index is 0.0419. The van der Waals surface area contributed by atoms with Crippen LogP contribution in [0.1, 0.15) is 9.75 Å². The molecule has 0 aliphatic heterocycles. The monoisotopic (exact) mass is 236 g/mol. The minimum atomic E-state index is 0.0419. The van der Waals surface area contributed by atoms with Crippen LogP contribution in [-0.2, 0) is 6.61 Å². The molecule has 0 aromatic carbocycles. The lowest BCUT2D eigenvalue weighted by molar-refractivity contribution is 0.278. The number of methoxy groups -OCH3 is 1. The van der Waals surface area contributed by atoms with Crippen LogP contribution in [0, 0.1) is 6.92 Å². The maximum atomic E-state index is 8.90. The molecule has 0 spiro atoms. The Labute approximate surface area is 77.9 Å². The van der Waals surface area contributed by atoms with Crippen LogP contribution in [0.4, 0.5) is 0 Å². The van der Waals surface area contributed by atoms with Crippen LogP contribution >= 0.6 is 27.3 Å². The lowest BCUT2D eigenvalue weighted by Crippen LogP contribution is -1.85. The number of aryl methyl sites for hydroxylation is 1. The number of hydrogen-bond donors (Lipinski definition) is 1. The summed E-state index contributed by atoms with van der Waals surface area (Å²) in [6.45, 7) is 2.02. The third-order valence-electron chi connectivity index (χ3n) is 1.39. The Morgan fingerprint density at radius 2 is 2.27 bits per heavy atom. The van der Waals surface area contributed by atoms with E-state index in [2.05, 4.69) is 15.9 Å². The van der Waals surface area contributed by atoms with E-state index < -0.39 is 0 Å². The number of halogens is 1. The van der Waals surface area contributed by atoms with Crippen molar-refractivity contribution in [3.63, 3.8) is 0 Å². The number of aliphatic hydroxyl groups is 1. The first-order valence-electron chi connectivity index (χ1n) is 3.13. The first kappa shape index (κ1) is 9.03. The van der Waals surface area contributed by atoms with Gasteiger partial charge < -0.3 is 9.84 Å². The quantitative estimate of drug-likeness (QED) is 0.855. The molecule has 1 N–H and O–H groups in total. The molecule has 0 aliphatic carbocycles. The second-order valence-corrected chi connectivity index (χ2v) is 4.19. The molecule has 2 nitrogen and oxygen atoms in total. The molecule has 0 atom stereocenters. The van der Waals surface area contributed by atoms with E-state index in [9.17, 15) is 0 Å². The summed E-state index contributed by atoms with van der Waals surface area (Å²) in [6, 6.07) is 0. The second kappa shape index (κ2) is 3.56. The molecule has 0 radical (unpaired) electrons. The Morgan fingerprint density at radius 3 is 2.64 bits per heavy atom. The molecule has 1 aromatic heterocycles. The zero-order valence-electron chi connectivity index (χ0n) is 6.35. The molecule has 0 bridgehead atoms. The van der Waals surface area contributed by atoms with Crippen molar-refractivity contribution < 1.29 is 9.84 Å². The van der Waals surface area contributed by atoms with Gasteiger partial charge in [0.2, 0.25) is 0 Å². The maximum absolute atomic E-state index is 8.90. The van der Waals surface area contributed by atoms with Crippen molar-refractivity contribution in [3.05, 3.63) is 14.2 Å². The van der Waals surface area contributed by atoms with Gasteiger partial charge in [0.15, 0.2) is 0 Å². The van der Waals surface area contributed by atoms with E-state index >= 15 is 0 Å². The van der Waals surface area contributed by atoms with Crippen LogP contribution in [0.5, 0.6) is 5.75 Å². The molecule has 1 aromatic rings. The molecule has 1 heterocycles. The zero-order chi connectivity index (χ0) is 8.43. The molecule has 11 heavy (non-hydrogen) atoms. The predicted molar refractivity (Wildman–Crippen MR) is 49.2 cm³/mol. The highest BCUT2D eigenvalue weighted by Gasteiger charge is 2.12. The highest BCUT2D eigenvalue weighted by molar-refractivity contribution is 9.10. The topological polar surface area (TPSA) is 29.5 Å². The first-order chi connectivity index (χ1) is 5.20. The van der Waals surface area contributed by atoms with Gasteiger partial charge >= 0.3 is 0 Å². The Bertz CT molecular complexity index is 257. The van der Waals surface area contributed by atoms with Gasteiger partial charge in [0.1, 0.15) is 5.75 Å². The van der Waals surface area contributed by atoms with E-state index in [-0.39, 0.29) is 6.61 Å². The van der Waals surface area contributed by atoms with Crippen LogP contribution in [-0.4, -0.2) is 12.2 Å². The summed E-state index contributed by atoms with van der Waals surface area (Å²) in [5.74, 6) is 0.759. The lowest BCUT2D eigenvalue weighted by atomic mass is 10.4. The first-order valence-corrected chi connectivity index (χ1v) is 4.74. The van der Waals surface area contributed by atoms with Gasteiger partial charge in [0, 0.05) is 4.88 Å². The number of ether oxygens (including phenoxy) is 1. The molecule has 4 heteroatoms. The molecular formula is C7H9BrO2S. The molecule has 0 amide bonds. The summed E-state index contributed by atoms with van der Waals surface area (Å²) in [4.78, 5) is 2.00. The van der Waals surface area contributed by atoms with Crippen LogP contribution in [0.15, 0.2) is 4.47 Å². The molecule has 0 saturated carbocycles. The fraction of sp³-hybridized carbons (Fsp3) is 0.429. The van der Waals surface area contributed by atoms with Crippen molar-refractivity contribution in [1.29, 1.82) is 0 Å². The van der Waals surface area contributed by atoms with E-state index in [0.29, 0.717) is 0 Å². The van der Waals surface area contributed by atoms with Gasteiger partial charge in [-0.15, -0.1) is 11.3 Å². The predicted octanol–water partition coefficient (Wildman–Crippen LogP) is 2.32. The number of rotatable bonds is 2. The van der Waals surface area contributed by atoms with Crippen molar-refractivity contribution in [2.75, 3.05) is 7.11 Å². The van der Waals surface area contributed by atoms with Crippen LogP contribution in [0.2, 0.25) is 0 Å². The fourth-order valence-electron chi connectivity index (χ4n) is 0.866. The summed E-state index contributed by atoms with van der Waals surface area (Å²) in [7, 11) is 1.60. The van der Waals surface area contributed by atoms with E-state index in [1.807, 2.05) is 6.92 Å². The zero-order valence-corrected chi connectivity index (χ0v) is 8.75. The standard InChI is InChI=1S/C7H9BrO2S/c1-4-6(8)7(10-2)5(3-9)11-4/h9H,3H2,1-2H3. The van der Waals surface area contributed by atoms with Crippen molar-refractivity contribution >= 4 is 27.3 Å². The largest absolute Gasteiger partial charge is 0.494 e. The van der Waals surface area contributed by atoms with Crippen LogP contribution in [0.3, 0.4) is 0 Å². The van der Waals surface area contributed by atoms with Crippen molar-refractivity contribution in [2.45, 2.75) is 13.5 Å². The van der Waals surface area contributed by atoms with Gasteiger partial charge in [-0.25, -0.2) is 0 Å². The summed E-state index contributed by atoms with van der Waals surface area (Å²) in [6.07, 6.45) is 0. The van der Waals surface area contributed by atoms with Crippen molar-refractivity contribution in [2.24, 2.45) is 0 Å². The van der Waals surface area contributed by atoms with E-state index in [4.69, 9.17) is 9.84 Å². The van der Waals surface area contributed by atoms with Crippen molar-refractivity contribution in [1.82, 2.24) is 0 Å². The van der Waals surface area contributed by atoms with E-state index in [1.165, 1.54) is 0 Å². The number of aliphatic hydroxyl groups excluding tert-OH is 1. The van der Waals surface area contributed by atoms with Gasteiger partial charge in [-0.05, 0) is 22.9 Å². The highest BCUT2D eigenvalue weighted by atomic mass is 79.9. The fourth-order valence-corrected chi connectivity index (χ4v) is 2.54. The Morgan fingerprint density at radius 1 is 1.64 bits per heavy atom. The van der Waals surface area contributed by atoms with Crippen molar-refractivity contribution in [3.8, 4) is 5.75 Å². The Balaban J connectivity index is 3.15. The number of thiophene rings is 1. The second-order valence-electron chi connectivity index (χ2n) is 2.09. The summed E-state index contributed by atoms with van der Waals surface area (Å²) >= 11 is 4.92. The SMILES string of the molecule is COc1c(CO)sc(C)c1Br. The molecule has 1 rings (SSSR count). The normalized spacial score (nSPS) is 10.2.